The molecule has 0 aromatic carbocycles. The Labute approximate surface area is 425 Å². The van der Waals surface area contributed by atoms with Crippen LogP contribution in [0.5, 0.6) is 0 Å². The van der Waals surface area contributed by atoms with Crippen molar-refractivity contribution in [1.82, 2.24) is 0 Å². The highest BCUT2D eigenvalue weighted by Crippen LogP contribution is 2.17. The van der Waals surface area contributed by atoms with Crippen LogP contribution in [-0.4, -0.2) is 87.4 Å². The Hall–Kier alpha value is -2.75. The third-order valence-electron chi connectivity index (χ3n) is 12.6. The summed E-state index contributed by atoms with van der Waals surface area (Å²) in [7, 11) is 5.97. The molecule has 0 bridgehead atoms. The van der Waals surface area contributed by atoms with Crippen LogP contribution in [0.15, 0.2) is 48.6 Å². The van der Waals surface area contributed by atoms with Crippen molar-refractivity contribution in [2.75, 3.05) is 47.5 Å². The quantitative estimate of drug-likeness (QED) is 0.0211. The Morgan fingerprint density at radius 2 is 0.826 bits per heavy atom. The lowest BCUT2D eigenvalue weighted by Crippen LogP contribution is -2.40. The summed E-state index contributed by atoms with van der Waals surface area (Å²) in [5.74, 6) is -1.99. The lowest BCUT2D eigenvalue weighted by atomic mass is 10.0. The summed E-state index contributed by atoms with van der Waals surface area (Å²) in [6.07, 6.45) is 60.4. The van der Waals surface area contributed by atoms with Crippen molar-refractivity contribution in [2.24, 2.45) is 0 Å². The summed E-state index contributed by atoms with van der Waals surface area (Å²) in [6, 6.07) is 0. The molecule has 0 aromatic heterocycles. The summed E-state index contributed by atoms with van der Waals surface area (Å²) < 4.78 is 22.9. The summed E-state index contributed by atoms with van der Waals surface area (Å²) in [5, 5.41) is 9.70. The molecule has 2 unspecified atom stereocenters. The van der Waals surface area contributed by atoms with Crippen LogP contribution in [-0.2, 0) is 33.3 Å². The largest absolute Gasteiger partial charge is 0.477 e. The molecule has 9 nitrogen and oxygen atoms in total. The molecule has 2 atom stereocenters. The van der Waals surface area contributed by atoms with Gasteiger partial charge in [-0.1, -0.05) is 242 Å². The maximum Gasteiger partial charge on any atom is 0.361 e. The minimum atomic E-state index is -1.51. The SMILES string of the molecule is CC/C=C\C/C=C\C/C=C\C/C=C\CCCCCCCCCCCCCCCCC(=O)OC(COC(=O)CCCCCCCCCCCCCCCCCCC)COC(OCC[N+](C)(C)C)C(=O)O. The standard InChI is InChI=1S/C60H109NO8/c1-6-8-10-12-14-16-18-20-22-24-25-26-27-28-29-30-31-32-33-35-37-39-41-43-45-47-49-51-58(63)69-56(55-68-60(59(64)65)66-53-52-61(3,4)5)54-67-57(62)50-48-46-44-42-40-38-36-34-23-21-19-17-15-13-11-9-7-2/h8,10,14,16,20,22,25-26,56,60H,6-7,9,11-13,15,17-19,21,23-24,27-55H2,1-5H3/p+1/b10-8-,16-14-,22-20-,26-25-. The van der Waals surface area contributed by atoms with E-state index in [-0.39, 0.29) is 32.2 Å². The minimum Gasteiger partial charge on any atom is -0.477 e. The number of allylic oxidation sites excluding steroid dienone is 8. The molecule has 9 heteroatoms. The Kier molecular flexibility index (Phi) is 49.5. The number of unbranched alkanes of at least 4 members (excludes halogenated alkanes) is 30. The zero-order valence-electron chi connectivity index (χ0n) is 45.7. The molecule has 0 aromatic rings. The first-order valence-corrected chi connectivity index (χ1v) is 28.8. The van der Waals surface area contributed by atoms with Crippen molar-refractivity contribution in [3.8, 4) is 0 Å². The first-order chi connectivity index (χ1) is 33.6. The van der Waals surface area contributed by atoms with Gasteiger partial charge >= 0.3 is 17.9 Å². The van der Waals surface area contributed by atoms with Crippen molar-refractivity contribution in [2.45, 2.75) is 270 Å². The average molecular weight is 974 g/mol. The molecule has 0 aliphatic heterocycles. The van der Waals surface area contributed by atoms with E-state index in [2.05, 4.69) is 62.5 Å². The molecular weight excluding hydrogens is 863 g/mol. The topological polar surface area (TPSA) is 108 Å². The van der Waals surface area contributed by atoms with E-state index in [0.29, 0.717) is 17.4 Å². The number of carbonyl (C=O) groups excluding carboxylic acids is 2. The molecule has 0 fully saturated rings. The predicted molar refractivity (Wildman–Crippen MR) is 290 cm³/mol. The Morgan fingerprint density at radius 3 is 1.23 bits per heavy atom. The van der Waals surface area contributed by atoms with Crippen LogP contribution in [0.4, 0.5) is 0 Å². The van der Waals surface area contributed by atoms with Crippen LogP contribution in [0.2, 0.25) is 0 Å². The number of rotatable bonds is 53. The van der Waals surface area contributed by atoms with E-state index < -0.39 is 24.3 Å². The molecule has 0 saturated heterocycles. The van der Waals surface area contributed by atoms with Crippen LogP contribution in [0.3, 0.4) is 0 Å². The van der Waals surface area contributed by atoms with Crippen LogP contribution in [0.25, 0.3) is 0 Å². The van der Waals surface area contributed by atoms with Gasteiger partial charge in [-0.05, 0) is 51.4 Å². The highest BCUT2D eigenvalue weighted by molar-refractivity contribution is 5.71. The van der Waals surface area contributed by atoms with Gasteiger partial charge in [0.05, 0.1) is 34.4 Å². The number of esters is 2. The Morgan fingerprint density at radius 1 is 0.449 bits per heavy atom. The molecule has 0 radical (unpaired) electrons. The summed E-state index contributed by atoms with van der Waals surface area (Å²) in [6.45, 7) is 4.80. The number of quaternary nitrogens is 1. The molecule has 0 spiro atoms. The molecule has 0 saturated carbocycles. The summed E-state index contributed by atoms with van der Waals surface area (Å²) >= 11 is 0. The van der Waals surface area contributed by atoms with Gasteiger partial charge in [0.25, 0.3) is 6.29 Å². The van der Waals surface area contributed by atoms with Crippen molar-refractivity contribution in [3.05, 3.63) is 48.6 Å². The van der Waals surface area contributed by atoms with Crippen molar-refractivity contribution >= 4 is 17.9 Å². The van der Waals surface area contributed by atoms with E-state index in [1.807, 2.05) is 21.1 Å². The van der Waals surface area contributed by atoms with Gasteiger partial charge in [-0.15, -0.1) is 0 Å². The van der Waals surface area contributed by atoms with Crippen LogP contribution in [0, 0.1) is 0 Å². The highest BCUT2D eigenvalue weighted by atomic mass is 16.7. The third kappa shape index (κ3) is 52.9. The van der Waals surface area contributed by atoms with E-state index in [4.69, 9.17) is 18.9 Å². The molecule has 0 aliphatic carbocycles. The van der Waals surface area contributed by atoms with E-state index in [9.17, 15) is 19.5 Å². The van der Waals surface area contributed by atoms with Gasteiger partial charge in [0.15, 0.2) is 6.10 Å². The number of carboxylic acid groups (broad SMARTS) is 1. The fourth-order valence-corrected chi connectivity index (χ4v) is 8.18. The normalized spacial score (nSPS) is 13.1. The second-order valence-corrected chi connectivity index (χ2v) is 20.6. The number of nitrogens with zero attached hydrogens (tertiary/aromatic N) is 1. The van der Waals surface area contributed by atoms with Crippen LogP contribution < -0.4 is 0 Å². The van der Waals surface area contributed by atoms with Gasteiger partial charge < -0.3 is 28.5 Å². The first kappa shape index (κ1) is 66.2. The highest BCUT2D eigenvalue weighted by Gasteiger charge is 2.25. The van der Waals surface area contributed by atoms with E-state index in [0.717, 1.165) is 64.2 Å². The lowest BCUT2D eigenvalue weighted by molar-refractivity contribution is -0.870. The van der Waals surface area contributed by atoms with Crippen molar-refractivity contribution in [3.63, 3.8) is 0 Å². The second-order valence-electron chi connectivity index (χ2n) is 20.6. The van der Waals surface area contributed by atoms with Gasteiger partial charge in [0, 0.05) is 12.8 Å². The first-order valence-electron chi connectivity index (χ1n) is 28.8. The van der Waals surface area contributed by atoms with Crippen LogP contribution in [0.1, 0.15) is 258 Å². The monoisotopic (exact) mass is 973 g/mol. The minimum absolute atomic E-state index is 0.179. The lowest BCUT2D eigenvalue weighted by Gasteiger charge is -2.25. The zero-order chi connectivity index (χ0) is 50.6. The Balaban J connectivity index is 4.20. The van der Waals surface area contributed by atoms with E-state index in [1.165, 1.54) is 167 Å². The second kappa shape index (κ2) is 51.6. The smallest absolute Gasteiger partial charge is 0.361 e. The van der Waals surface area contributed by atoms with Gasteiger partial charge in [0.1, 0.15) is 13.2 Å². The molecule has 69 heavy (non-hydrogen) atoms. The zero-order valence-corrected chi connectivity index (χ0v) is 45.7. The number of carbonyl (C=O) groups is 3. The molecule has 0 heterocycles. The summed E-state index contributed by atoms with van der Waals surface area (Å²) in [4.78, 5) is 37.4. The maximum atomic E-state index is 12.9. The molecular formula is C60H110NO8+. The number of ether oxygens (including phenoxy) is 4. The van der Waals surface area contributed by atoms with Gasteiger partial charge in [0.2, 0.25) is 0 Å². The number of hydrogen-bond acceptors (Lipinski definition) is 7. The third-order valence-corrected chi connectivity index (χ3v) is 12.6. The number of hydrogen-bond donors (Lipinski definition) is 1. The average Bonchev–Trinajstić information content (AvgIpc) is 3.31. The van der Waals surface area contributed by atoms with Gasteiger partial charge in [-0.25, -0.2) is 4.79 Å². The van der Waals surface area contributed by atoms with Gasteiger partial charge in [-0.2, -0.15) is 0 Å². The number of carboxylic acids is 1. The molecule has 1 N–H and O–H groups in total. The van der Waals surface area contributed by atoms with E-state index in [1.54, 1.807) is 0 Å². The molecule has 0 aliphatic rings. The maximum absolute atomic E-state index is 12.9. The van der Waals surface area contributed by atoms with Crippen molar-refractivity contribution < 1.29 is 42.9 Å². The fraction of sp³-hybridized carbons (Fsp3) is 0.817. The van der Waals surface area contributed by atoms with Gasteiger partial charge in [-0.3, -0.25) is 9.59 Å². The van der Waals surface area contributed by atoms with E-state index >= 15 is 0 Å². The predicted octanol–water partition coefficient (Wildman–Crippen LogP) is 16.7. The fourth-order valence-electron chi connectivity index (χ4n) is 8.18. The molecule has 0 rings (SSSR count). The molecule has 402 valence electrons. The summed E-state index contributed by atoms with van der Waals surface area (Å²) in [5.41, 5.74) is 0. The Bertz CT molecular complexity index is 1270. The number of aliphatic carboxylic acids is 1. The molecule has 0 amide bonds. The number of likely N-dealkylation sites (N-methyl/N-ethyl adjacent to an activating group) is 1. The van der Waals surface area contributed by atoms with Crippen LogP contribution >= 0.6 is 0 Å². The van der Waals surface area contributed by atoms with Crippen molar-refractivity contribution in [1.29, 1.82) is 0 Å².